The molecule has 0 atom stereocenters. The molecular weight excluding hydrogens is 398 g/mol. The minimum atomic E-state index is -4.08. The third kappa shape index (κ3) is 4.16. The lowest BCUT2D eigenvalue weighted by atomic mass is 10.1. The Morgan fingerprint density at radius 2 is 1.62 bits per heavy atom. The highest BCUT2D eigenvalue weighted by atomic mass is 32.2. The summed E-state index contributed by atoms with van der Waals surface area (Å²) in [5.74, 6) is -1.84. The maximum Gasteiger partial charge on any atom is 0.321 e. The van der Waals surface area contributed by atoms with Crippen molar-refractivity contribution in [2.75, 3.05) is 19.7 Å². The third-order valence-electron chi connectivity index (χ3n) is 4.16. The fourth-order valence-electron chi connectivity index (χ4n) is 2.77. The number of imide groups is 1. The zero-order valence-corrected chi connectivity index (χ0v) is 15.8. The maximum absolute atomic E-state index is 12.2. The highest BCUT2D eigenvalue weighted by molar-refractivity contribution is 7.89. The minimum absolute atomic E-state index is 0.0565. The number of amides is 2. The van der Waals surface area contributed by atoms with E-state index in [1.807, 2.05) is 0 Å². The molecule has 2 aromatic rings. The summed E-state index contributed by atoms with van der Waals surface area (Å²) in [5.41, 5.74) is 0.513. The Kier molecular flexibility index (Phi) is 5.72. The second-order valence-electron chi connectivity index (χ2n) is 5.96. The summed E-state index contributed by atoms with van der Waals surface area (Å²) in [6, 6.07) is 13.7. The predicted octanol–water partition coefficient (Wildman–Crippen LogP) is 0.676. The van der Waals surface area contributed by atoms with E-state index in [1.165, 1.54) is 36.4 Å². The second-order valence-corrected chi connectivity index (χ2v) is 7.70. The van der Waals surface area contributed by atoms with E-state index in [0.29, 0.717) is 0 Å². The first-order valence-corrected chi connectivity index (χ1v) is 9.93. The van der Waals surface area contributed by atoms with Gasteiger partial charge in [0.25, 0.3) is 11.8 Å². The lowest BCUT2D eigenvalue weighted by Crippen LogP contribution is -2.35. The summed E-state index contributed by atoms with van der Waals surface area (Å²) in [6.45, 7) is -1.09. The fraction of sp³-hybridized carbons (Fsp3) is 0.158. The van der Waals surface area contributed by atoms with Gasteiger partial charge in [-0.15, -0.1) is 0 Å². The molecule has 0 fully saturated rings. The highest BCUT2D eigenvalue weighted by Crippen LogP contribution is 2.21. The first-order valence-electron chi connectivity index (χ1n) is 8.45. The van der Waals surface area contributed by atoms with Gasteiger partial charge in [-0.25, -0.2) is 8.42 Å². The van der Waals surface area contributed by atoms with Crippen LogP contribution in [0, 0.1) is 11.3 Å². The van der Waals surface area contributed by atoms with E-state index in [2.05, 4.69) is 4.72 Å². The van der Waals surface area contributed by atoms with Crippen molar-refractivity contribution in [1.29, 1.82) is 5.26 Å². The van der Waals surface area contributed by atoms with Crippen LogP contribution in [0.2, 0.25) is 0 Å². The monoisotopic (exact) mass is 413 g/mol. The molecule has 1 heterocycles. The molecule has 0 radical (unpaired) electrons. The first kappa shape index (κ1) is 20.2. The van der Waals surface area contributed by atoms with Crippen LogP contribution in [-0.2, 0) is 19.6 Å². The van der Waals surface area contributed by atoms with Crippen LogP contribution in [0.1, 0.15) is 26.3 Å². The number of carbonyl (C=O) groups excluding carboxylic acids is 3. The van der Waals surface area contributed by atoms with Gasteiger partial charge < -0.3 is 4.74 Å². The van der Waals surface area contributed by atoms with Gasteiger partial charge in [-0.2, -0.15) is 9.98 Å². The van der Waals surface area contributed by atoms with E-state index in [-0.39, 0.29) is 34.7 Å². The Bertz CT molecular complexity index is 1100. The number of carbonyl (C=O) groups is 3. The zero-order chi connectivity index (χ0) is 21.0. The number of ether oxygens (including phenoxy) is 1. The molecule has 0 aromatic heterocycles. The number of sulfonamides is 1. The summed E-state index contributed by atoms with van der Waals surface area (Å²) in [7, 11) is -4.08. The van der Waals surface area contributed by atoms with E-state index in [4.69, 9.17) is 10.00 Å². The van der Waals surface area contributed by atoms with Crippen LogP contribution in [0.25, 0.3) is 0 Å². The van der Waals surface area contributed by atoms with Crippen LogP contribution >= 0.6 is 0 Å². The van der Waals surface area contributed by atoms with Crippen molar-refractivity contribution in [2.45, 2.75) is 4.90 Å². The Labute approximate surface area is 166 Å². The standard InChI is InChI=1S/C19H15N3O6S/c20-11-13-5-1-4-8-16(13)29(26,27)21-12-17(23)28-10-9-22-18(24)14-6-2-3-7-15(14)19(22)25/h1-8,21H,9-10,12H2. The van der Waals surface area contributed by atoms with Crippen molar-refractivity contribution in [3.05, 3.63) is 65.2 Å². The summed E-state index contributed by atoms with van der Waals surface area (Å²) in [4.78, 5) is 37.0. The summed E-state index contributed by atoms with van der Waals surface area (Å²) in [6.07, 6.45) is 0. The van der Waals surface area contributed by atoms with E-state index in [1.54, 1.807) is 18.2 Å². The van der Waals surface area contributed by atoms with E-state index in [0.717, 1.165) is 4.90 Å². The smallest absolute Gasteiger partial charge is 0.321 e. The molecule has 1 N–H and O–H groups in total. The molecule has 0 unspecified atom stereocenters. The number of hydrogen-bond donors (Lipinski definition) is 1. The van der Waals surface area contributed by atoms with Crippen LogP contribution in [-0.4, -0.2) is 50.8 Å². The first-order chi connectivity index (χ1) is 13.8. The molecule has 0 saturated carbocycles. The molecule has 148 valence electrons. The van der Waals surface area contributed by atoms with Gasteiger partial charge in [-0.05, 0) is 24.3 Å². The number of esters is 1. The molecule has 29 heavy (non-hydrogen) atoms. The maximum atomic E-state index is 12.2. The van der Waals surface area contributed by atoms with Gasteiger partial charge in [0.15, 0.2) is 0 Å². The van der Waals surface area contributed by atoms with Gasteiger partial charge >= 0.3 is 5.97 Å². The van der Waals surface area contributed by atoms with Crippen LogP contribution in [0.15, 0.2) is 53.4 Å². The molecule has 10 heteroatoms. The Morgan fingerprint density at radius 1 is 1.03 bits per heavy atom. The molecule has 3 rings (SSSR count). The molecule has 2 aromatic carbocycles. The highest BCUT2D eigenvalue weighted by Gasteiger charge is 2.34. The van der Waals surface area contributed by atoms with Gasteiger partial charge in [0.2, 0.25) is 10.0 Å². The number of nitrogens with one attached hydrogen (secondary N) is 1. The quantitative estimate of drug-likeness (QED) is 0.521. The second kappa shape index (κ2) is 8.22. The average molecular weight is 413 g/mol. The number of rotatable bonds is 7. The van der Waals surface area contributed by atoms with Crippen molar-refractivity contribution < 1.29 is 27.5 Å². The number of hydrogen-bond acceptors (Lipinski definition) is 7. The largest absolute Gasteiger partial charge is 0.463 e. The predicted molar refractivity (Wildman–Crippen MR) is 99.1 cm³/mol. The molecule has 2 amide bonds. The molecule has 0 aliphatic carbocycles. The Hall–Kier alpha value is -3.55. The number of nitriles is 1. The number of nitrogens with zero attached hydrogens (tertiary/aromatic N) is 2. The van der Waals surface area contributed by atoms with Gasteiger partial charge in [-0.1, -0.05) is 24.3 Å². The molecule has 1 aliphatic heterocycles. The van der Waals surface area contributed by atoms with Crippen LogP contribution < -0.4 is 4.72 Å². The molecule has 0 saturated heterocycles. The molecule has 9 nitrogen and oxygen atoms in total. The minimum Gasteiger partial charge on any atom is -0.463 e. The lowest BCUT2D eigenvalue weighted by molar-refractivity contribution is -0.142. The molecule has 0 bridgehead atoms. The van der Waals surface area contributed by atoms with E-state index >= 15 is 0 Å². The topological polar surface area (TPSA) is 134 Å². The Morgan fingerprint density at radius 3 is 2.24 bits per heavy atom. The molecule has 1 aliphatic rings. The summed E-state index contributed by atoms with van der Waals surface area (Å²) < 4.78 is 31.5. The van der Waals surface area contributed by atoms with E-state index in [9.17, 15) is 22.8 Å². The van der Waals surface area contributed by atoms with Gasteiger partial charge in [0.05, 0.1) is 28.1 Å². The third-order valence-corrected chi connectivity index (χ3v) is 5.62. The van der Waals surface area contributed by atoms with Crippen LogP contribution in [0.3, 0.4) is 0 Å². The van der Waals surface area contributed by atoms with Crippen molar-refractivity contribution in [3.8, 4) is 6.07 Å². The Balaban J connectivity index is 1.52. The van der Waals surface area contributed by atoms with Crippen LogP contribution in [0.4, 0.5) is 0 Å². The number of fused-ring (bicyclic) bond motifs is 1. The van der Waals surface area contributed by atoms with Crippen molar-refractivity contribution in [1.82, 2.24) is 9.62 Å². The van der Waals surface area contributed by atoms with E-state index < -0.39 is 34.4 Å². The van der Waals surface area contributed by atoms with Crippen molar-refractivity contribution in [3.63, 3.8) is 0 Å². The summed E-state index contributed by atoms with van der Waals surface area (Å²) >= 11 is 0. The van der Waals surface area contributed by atoms with Gasteiger partial charge in [0, 0.05) is 0 Å². The van der Waals surface area contributed by atoms with Crippen molar-refractivity contribution in [2.24, 2.45) is 0 Å². The summed E-state index contributed by atoms with van der Waals surface area (Å²) in [5, 5.41) is 8.99. The SMILES string of the molecule is N#Cc1ccccc1S(=O)(=O)NCC(=O)OCCN1C(=O)c2ccccc2C1=O. The van der Waals surface area contributed by atoms with Gasteiger partial charge in [0.1, 0.15) is 19.2 Å². The molecular formula is C19H15N3O6S. The zero-order valence-electron chi connectivity index (χ0n) is 15.0. The van der Waals surface area contributed by atoms with Crippen molar-refractivity contribution >= 4 is 27.8 Å². The van der Waals surface area contributed by atoms with Crippen LogP contribution in [0.5, 0.6) is 0 Å². The molecule has 0 spiro atoms. The average Bonchev–Trinajstić information content (AvgIpc) is 2.97. The fourth-order valence-corrected chi connectivity index (χ4v) is 3.89. The lowest BCUT2D eigenvalue weighted by Gasteiger charge is -2.14. The number of benzene rings is 2. The van der Waals surface area contributed by atoms with Gasteiger partial charge in [-0.3, -0.25) is 19.3 Å². The normalized spacial score (nSPS) is 13.1.